The van der Waals surface area contributed by atoms with Crippen LogP contribution in [0, 0.1) is 0 Å². The Hall–Kier alpha value is -3.15. The molecule has 6 heteroatoms. The average molecular weight is 362 g/mol. The van der Waals surface area contributed by atoms with Gasteiger partial charge in [-0.2, -0.15) is 0 Å². The molecule has 1 aliphatic heterocycles. The molecule has 1 fully saturated rings. The largest absolute Gasteiger partial charge is 0.494 e. The molecule has 0 saturated carbocycles. The van der Waals surface area contributed by atoms with Gasteiger partial charge in [-0.25, -0.2) is 4.68 Å². The van der Waals surface area contributed by atoms with E-state index in [2.05, 4.69) is 10.3 Å². The van der Waals surface area contributed by atoms with E-state index in [0.29, 0.717) is 26.1 Å². The molecule has 138 valence electrons. The van der Waals surface area contributed by atoms with Gasteiger partial charge in [-0.1, -0.05) is 35.5 Å². The molecule has 3 aromatic rings. The Morgan fingerprint density at radius 2 is 1.85 bits per heavy atom. The molecular formula is C21H22N4O2. The second-order valence-corrected chi connectivity index (χ2v) is 6.66. The van der Waals surface area contributed by atoms with Crippen molar-refractivity contribution in [3.63, 3.8) is 0 Å². The highest BCUT2D eigenvalue weighted by Crippen LogP contribution is 2.25. The Bertz CT molecular complexity index is 899. The van der Waals surface area contributed by atoms with Gasteiger partial charge in [0.15, 0.2) is 0 Å². The zero-order chi connectivity index (χ0) is 18.6. The van der Waals surface area contributed by atoms with Crippen LogP contribution in [-0.2, 0) is 11.2 Å². The molecular weight excluding hydrogens is 340 g/mol. The Morgan fingerprint density at radius 1 is 1.11 bits per heavy atom. The van der Waals surface area contributed by atoms with E-state index in [-0.39, 0.29) is 11.9 Å². The molecule has 1 aliphatic rings. The summed E-state index contributed by atoms with van der Waals surface area (Å²) in [4.78, 5) is 14.2. The van der Waals surface area contributed by atoms with Crippen molar-refractivity contribution >= 4 is 5.91 Å². The van der Waals surface area contributed by atoms with Gasteiger partial charge in [-0.15, -0.1) is 5.10 Å². The Kier molecular flexibility index (Phi) is 4.87. The Balaban J connectivity index is 1.34. The number of aromatic nitrogens is 3. The highest BCUT2D eigenvalue weighted by atomic mass is 16.5. The highest BCUT2D eigenvalue weighted by Gasteiger charge is 2.32. The van der Waals surface area contributed by atoms with Gasteiger partial charge in [0, 0.05) is 18.7 Å². The van der Waals surface area contributed by atoms with Crippen LogP contribution < -0.4 is 4.74 Å². The molecule has 1 aromatic heterocycles. The highest BCUT2D eigenvalue weighted by molar-refractivity contribution is 5.79. The maximum Gasteiger partial charge on any atom is 0.227 e. The van der Waals surface area contributed by atoms with E-state index in [0.717, 1.165) is 22.6 Å². The predicted octanol–water partition coefficient (Wildman–Crippen LogP) is 2.97. The molecule has 6 nitrogen and oxygen atoms in total. The minimum Gasteiger partial charge on any atom is -0.494 e. The van der Waals surface area contributed by atoms with Gasteiger partial charge >= 0.3 is 0 Å². The zero-order valence-electron chi connectivity index (χ0n) is 15.3. The van der Waals surface area contributed by atoms with E-state index in [1.807, 2.05) is 77.3 Å². The summed E-state index contributed by atoms with van der Waals surface area (Å²) >= 11 is 0. The second-order valence-electron chi connectivity index (χ2n) is 6.66. The molecule has 2 heterocycles. The first kappa shape index (κ1) is 17.3. The van der Waals surface area contributed by atoms with Crippen LogP contribution in [0.2, 0.25) is 0 Å². The number of carbonyl (C=O) groups is 1. The van der Waals surface area contributed by atoms with Crippen LogP contribution in [0.15, 0.2) is 60.8 Å². The summed E-state index contributed by atoms with van der Waals surface area (Å²) in [6, 6.07) is 17.9. The minimum atomic E-state index is 0.157. The third-order valence-electron chi connectivity index (χ3n) is 4.76. The number of nitrogens with zero attached hydrogens (tertiary/aromatic N) is 4. The summed E-state index contributed by atoms with van der Waals surface area (Å²) in [6.45, 7) is 3.97. The second kappa shape index (κ2) is 7.61. The molecule has 4 rings (SSSR count). The number of hydrogen-bond donors (Lipinski definition) is 0. The van der Waals surface area contributed by atoms with Crippen LogP contribution >= 0.6 is 0 Å². The smallest absolute Gasteiger partial charge is 0.227 e. The normalized spacial score (nSPS) is 14.0. The van der Waals surface area contributed by atoms with Crippen molar-refractivity contribution in [1.29, 1.82) is 0 Å². The standard InChI is InChI=1S/C21H22N4O2/c1-2-27-19-10-8-17(9-11-19)20-15-25(23-22-20)18-13-24(14-18)21(26)12-16-6-4-3-5-7-16/h3-11,15,18H,2,12-14H2,1H3. The van der Waals surface area contributed by atoms with Crippen molar-refractivity contribution < 1.29 is 9.53 Å². The molecule has 0 aliphatic carbocycles. The van der Waals surface area contributed by atoms with Crippen molar-refractivity contribution in [1.82, 2.24) is 19.9 Å². The number of benzene rings is 2. The van der Waals surface area contributed by atoms with Crippen molar-refractivity contribution in [2.75, 3.05) is 19.7 Å². The van der Waals surface area contributed by atoms with Crippen LogP contribution in [0.5, 0.6) is 5.75 Å². The van der Waals surface area contributed by atoms with Crippen molar-refractivity contribution in [2.45, 2.75) is 19.4 Å². The molecule has 0 N–H and O–H groups in total. The summed E-state index contributed by atoms with van der Waals surface area (Å²) in [5, 5.41) is 8.52. The van der Waals surface area contributed by atoms with Crippen LogP contribution in [0.4, 0.5) is 0 Å². The number of carbonyl (C=O) groups excluding carboxylic acids is 1. The maximum absolute atomic E-state index is 12.4. The molecule has 0 spiro atoms. The van der Waals surface area contributed by atoms with Gasteiger partial charge in [-0.05, 0) is 36.8 Å². The third kappa shape index (κ3) is 3.84. The SMILES string of the molecule is CCOc1ccc(-c2cn(C3CN(C(=O)Cc4ccccc4)C3)nn2)cc1. The van der Waals surface area contributed by atoms with E-state index >= 15 is 0 Å². The summed E-state index contributed by atoms with van der Waals surface area (Å²) in [6.07, 6.45) is 2.39. The van der Waals surface area contributed by atoms with Crippen LogP contribution in [-0.4, -0.2) is 45.5 Å². The number of ether oxygens (including phenoxy) is 1. The van der Waals surface area contributed by atoms with Gasteiger partial charge in [0.1, 0.15) is 11.4 Å². The fourth-order valence-electron chi connectivity index (χ4n) is 3.18. The lowest BCUT2D eigenvalue weighted by Crippen LogP contribution is -2.51. The lowest BCUT2D eigenvalue weighted by molar-refractivity contribution is -0.136. The summed E-state index contributed by atoms with van der Waals surface area (Å²) in [7, 11) is 0. The molecule has 0 bridgehead atoms. The summed E-state index contributed by atoms with van der Waals surface area (Å²) in [5.41, 5.74) is 2.87. The van der Waals surface area contributed by atoms with Gasteiger partial charge in [-0.3, -0.25) is 4.79 Å². The lowest BCUT2D eigenvalue weighted by Gasteiger charge is -2.39. The summed E-state index contributed by atoms with van der Waals surface area (Å²) in [5.74, 6) is 1.00. The Morgan fingerprint density at radius 3 is 2.56 bits per heavy atom. The molecule has 0 radical (unpaired) electrons. The van der Waals surface area contributed by atoms with E-state index in [4.69, 9.17) is 4.74 Å². The van der Waals surface area contributed by atoms with Crippen molar-refractivity contribution in [3.8, 4) is 17.0 Å². The fourth-order valence-corrected chi connectivity index (χ4v) is 3.18. The molecule has 27 heavy (non-hydrogen) atoms. The quantitative estimate of drug-likeness (QED) is 0.676. The molecule has 0 unspecified atom stereocenters. The maximum atomic E-state index is 12.4. The monoisotopic (exact) mass is 362 g/mol. The van der Waals surface area contributed by atoms with E-state index in [1.165, 1.54) is 0 Å². The van der Waals surface area contributed by atoms with Gasteiger partial charge < -0.3 is 9.64 Å². The average Bonchev–Trinajstić information content (AvgIpc) is 3.12. The Labute approximate surface area is 158 Å². The first-order valence-electron chi connectivity index (χ1n) is 9.19. The van der Waals surface area contributed by atoms with Crippen LogP contribution in [0.1, 0.15) is 18.5 Å². The predicted molar refractivity (Wildman–Crippen MR) is 102 cm³/mol. The zero-order valence-corrected chi connectivity index (χ0v) is 15.3. The van der Waals surface area contributed by atoms with Crippen molar-refractivity contribution in [2.24, 2.45) is 0 Å². The van der Waals surface area contributed by atoms with E-state index < -0.39 is 0 Å². The van der Waals surface area contributed by atoms with E-state index in [1.54, 1.807) is 0 Å². The van der Waals surface area contributed by atoms with Gasteiger partial charge in [0.05, 0.1) is 25.3 Å². The summed E-state index contributed by atoms with van der Waals surface area (Å²) < 4.78 is 7.32. The first-order valence-corrected chi connectivity index (χ1v) is 9.19. The third-order valence-corrected chi connectivity index (χ3v) is 4.76. The molecule has 1 amide bonds. The number of hydrogen-bond acceptors (Lipinski definition) is 4. The van der Waals surface area contributed by atoms with Gasteiger partial charge in [0.2, 0.25) is 5.91 Å². The molecule has 1 saturated heterocycles. The van der Waals surface area contributed by atoms with Gasteiger partial charge in [0.25, 0.3) is 0 Å². The number of likely N-dealkylation sites (tertiary alicyclic amines) is 1. The molecule has 2 aromatic carbocycles. The fraction of sp³-hybridized carbons (Fsp3) is 0.286. The number of amides is 1. The van der Waals surface area contributed by atoms with Crippen molar-refractivity contribution in [3.05, 3.63) is 66.4 Å². The van der Waals surface area contributed by atoms with E-state index in [9.17, 15) is 4.79 Å². The van der Waals surface area contributed by atoms with Crippen LogP contribution in [0.3, 0.4) is 0 Å². The lowest BCUT2D eigenvalue weighted by atomic mass is 10.1. The number of rotatable bonds is 6. The minimum absolute atomic E-state index is 0.157. The van der Waals surface area contributed by atoms with Crippen LogP contribution in [0.25, 0.3) is 11.3 Å². The first-order chi connectivity index (χ1) is 13.2. The molecule has 0 atom stereocenters. The topological polar surface area (TPSA) is 60.2 Å².